The molecule has 1 atom stereocenters. The molecular formula is C23H22FN3O3. The van der Waals surface area contributed by atoms with Gasteiger partial charge in [-0.3, -0.25) is 4.79 Å². The van der Waals surface area contributed by atoms with Crippen LogP contribution in [0.15, 0.2) is 48.7 Å². The Balaban J connectivity index is 1.44. The molecular weight excluding hydrogens is 385 g/mol. The van der Waals surface area contributed by atoms with Gasteiger partial charge in [-0.25, -0.2) is 9.07 Å². The monoisotopic (exact) mass is 407 g/mol. The maximum atomic E-state index is 14.2. The number of hydrogen-bond acceptors (Lipinski definition) is 4. The van der Waals surface area contributed by atoms with E-state index in [-0.39, 0.29) is 17.8 Å². The van der Waals surface area contributed by atoms with Gasteiger partial charge in [-0.15, -0.1) is 0 Å². The van der Waals surface area contributed by atoms with Crippen LogP contribution in [0.1, 0.15) is 40.5 Å². The van der Waals surface area contributed by atoms with Crippen molar-refractivity contribution in [2.24, 2.45) is 0 Å². The molecule has 0 unspecified atom stereocenters. The Morgan fingerprint density at radius 3 is 2.77 bits per heavy atom. The van der Waals surface area contributed by atoms with Crippen molar-refractivity contribution in [3.8, 4) is 17.2 Å². The van der Waals surface area contributed by atoms with E-state index in [2.05, 4.69) is 5.10 Å². The molecule has 0 spiro atoms. The summed E-state index contributed by atoms with van der Waals surface area (Å²) in [5.41, 5.74) is 2.48. The lowest BCUT2D eigenvalue weighted by atomic mass is 10.0. The number of ether oxygens (including phenoxy) is 2. The standard InChI is InChI=1S/C23H22FN3O3/c1-15-17(14-25-27(15)20-6-3-2-5-18(20)24)23(28)26-10-4-7-19(26)16-8-9-21-22(13-16)30-12-11-29-21/h2-3,5-6,8-9,13-14,19H,4,7,10-12H2,1H3/t19-/m1/s1. The first-order valence-electron chi connectivity index (χ1n) is 10.1. The summed E-state index contributed by atoms with van der Waals surface area (Å²) in [6, 6.07) is 12.3. The van der Waals surface area contributed by atoms with E-state index in [0.717, 1.165) is 29.9 Å². The quantitative estimate of drug-likeness (QED) is 0.657. The SMILES string of the molecule is Cc1c(C(=O)N2CCC[C@@H]2c2ccc3c(c2)OCCO3)cnn1-c1ccccc1F. The van der Waals surface area contributed by atoms with Gasteiger partial charge in [0, 0.05) is 6.54 Å². The van der Waals surface area contributed by atoms with Crippen molar-refractivity contribution < 1.29 is 18.7 Å². The van der Waals surface area contributed by atoms with Crippen LogP contribution in [-0.4, -0.2) is 40.3 Å². The second-order valence-corrected chi connectivity index (χ2v) is 7.57. The number of hydrogen-bond donors (Lipinski definition) is 0. The van der Waals surface area contributed by atoms with Gasteiger partial charge in [0.2, 0.25) is 0 Å². The summed E-state index contributed by atoms with van der Waals surface area (Å²) < 4.78 is 27.0. The van der Waals surface area contributed by atoms with Crippen LogP contribution in [0.4, 0.5) is 4.39 Å². The first kappa shape index (κ1) is 18.7. The number of nitrogens with zero attached hydrogens (tertiary/aromatic N) is 3. The summed E-state index contributed by atoms with van der Waals surface area (Å²) in [6.07, 6.45) is 3.33. The van der Waals surface area contributed by atoms with Crippen molar-refractivity contribution in [3.05, 3.63) is 71.3 Å². The van der Waals surface area contributed by atoms with Crippen molar-refractivity contribution in [3.63, 3.8) is 0 Å². The summed E-state index contributed by atoms with van der Waals surface area (Å²) in [7, 11) is 0. The molecule has 5 rings (SSSR count). The lowest BCUT2D eigenvalue weighted by Gasteiger charge is -2.26. The van der Waals surface area contributed by atoms with Gasteiger partial charge in [-0.2, -0.15) is 5.10 Å². The van der Waals surface area contributed by atoms with Crippen LogP contribution in [-0.2, 0) is 0 Å². The molecule has 7 heteroatoms. The fourth-order valence-corrected chi connectivity index (χ4v) is 4.26. The van der Waals surface area contributed by atoms with Crippen LogP contribution < -0.4 is 9.47 Å². The topological polar surface area (TPSA) is 56.6 Å². The fraction of sp³-hybridized carbons (Fsp3) is 0.304. The third-order valence-electron chi connectivity index (χ3n) is 5.79. The van der Waals surface area contributed by atoms with Crippen LogP contribution in [0.3, 0.4) is 0 Å². The van der Waals surface area contributed by atoms with E-state index >= 15 is 0 Å². The molecule has 3 aromatic rings. The molecule has 6 nitrogen and oxygen atoms in total. The van der Waals surface area contributed by atoms with E-state index in [1.807, 2.05) is 23.1 Å². The fourth-order valence-electron chi connectivity index (χ4n) is 4.26. The lowest BCUT2D eigenvalue weighted by molar-refractivity contribution is 0.0734. The van der Waals surface area contributed by atoms with Gasteiger partial charge < -0.3 is 14.4 Å². The maximum Gasteiger partial charge on any atom is 0.257 e. The molecule has 0 radical (unpaired) electrons. The minimum absolute atomic E-state index is 0.0375. The number of aromatic nitrogens is 2. The number of likely N-dealkylation sites (tertiary alicyclic amines) is 1. The number of fused-ring (bicyclic) bond motifs is 1. The van der Waals surface area contributed by atoms with Crippen LogP contribution in [0.25, 0.3) is 5.69 Å². The Morgan fingerprint density at radius 2 is 1.93 bits per heavy atom. The van der Waals surface area contributed by atoms with E-state index < -0.39 is 0 Å². The summed E-state index contributed by atoms with van der Waals surface area (Å²) >= 11 is 0. The number of rotatable bonds is 3. The zero-order chi connectivity index (χ0) is 20.7. The van der Waals surface area contributed by atoms with Crippen molar-refractivity contribution in [1.82, 2.24) is 14.7 Å². The van der Waals surface area contributed by atoms with Crippen molar-refractivity contribution in [2.45, 2.75) is 25.8 Å². The molecule has 30 heavy (non-hydrogen) atoms. The third kappa shape index (κ3) is 3.10. The van der Waals surface area contributed by atoms with E-state index in [0.29, 0.717) is 36.7 Å². The molecule has 0 bridgehead atoms. The minimum Gasteiger partial charge on any atom is -0.486 e. The molecule has 2 aromatic carbocycles. The molecule has 1 saturated heterocycles. The van der Waals surface area contributed by atoms with Crippen LogP contribution in [0.2, 0.25) is 0 Å². The summed E-state index contributed by atoms with van der Waals surface area (Å²) in [4.78, 5) is 15.3. The van der Waals surface area contributed by atoms with Crippen molar-refractivity contribution in [2.75, 3.05) is 19.8 Å². The smallest absolute Gasteiger partial charge is 0.257 e. The number of halogens is 1. The first-order chi connectivity index (χ1) is 14.6. The predicted molar refractivity (Wildman–Crippen MR) is 109 cm³/mol. The van der Waals surface area contributed by atoms with E-state index in [1.165, 1.54) is 16.9 Å². The molecule has 3 heterocycles. The highest BCUT2D eigenvalue weighted by atomic mass is 19.1. The Hall–Kier alpha value is -3.35. The number of amides is 1. The van der Waals surface area contributed by atoms with Gasteiger partial charge in [0.25, 0.3) is 5.91 Å². The molecule has 1 amide bonds. The second-order valence-electron chi connectivity index (χ2n) is 7.57. The second kappa shape index (κ2) is 7.48. The van der Waals surface area contributed by atoms with Crippen molar-refractivity contribution in [1.29, 1.82) is 0 Å². The number of benzene rings is 2. The Labute approximate surface area is 173 Å². The van der Waals surface area contributed by atoms with E-state index in [1.54, 1.807) is 25.1 Å². The van der Waals surface area contributed by atoms with Gasteiger partial charge in [0.15, 0.2) is 11.5 Å². The molecule has 0 N–H and O–H groups in total. The normalized spacial score (nSPS) is 17.9. The van der Waals surface area contributed by atoms with Gasteiger partial charge in [0.05, 0.1) is 23.5 Å². The molecule has 154 valence electrons. The van der Waals surface area contributed by atoms with Gasteiger partial charge in [-0.1, -0.05) is 18.2 Å². The molecule has 1 aromatic heterocycles. The molecule has 2 aliphatic rings. The third-order valence-corrected chi connectivity index (χ3v) is 5.79. The Kier molecular flexibility index (Phi) is 4.65. The maximum absolute atomic E-state index is 14.2. The predicted octanol–water partition coefficient (Wildman–Crippen LogP) is 4.07. The highest BCUT2D eigenvalue weighted by Crippen LogP contribution is 2.38. The largest absolute Gasteiger partial charge is 0.486 e. The zero-order valence-electron chi connectivity index (χ0n) is 16.7. The Morgan fingerprint density at radius 1 is 1.13 bits per heavy atom. The molecule has 1 fully saturated rings. The zero-order valence-corrected chi connectivity index (χ0v) is 16.7. The molecule has 0 saturated carbocycles. The van der Waals surface area contributed by atoms with Crippen LogP contribution in [0.5, 0.6) is 11.5 Å². The molecule has 2 aliphatic heterocycles. The average molecular weight is 407 g/mol. The summed E-state index contributed by atoms with van der Waals surface area (Å²) in [5.74, 6) is 0.995. The van der Waals surface area contributed by atoms with Gasteiger partial charge in [-0.05, 0) is 49.6 Å². The van der Waals surface area contributed by atoms with E-state index in [9.17, 15) is 9.18 Å². The van der Waals surface area contributed by atoms with Crippen LogP contribution in [0, 0.1) is 12.7 Å². The van der Waals surface area contributed by atoms with Crippen LogP contribution >= 0.6 is 0 Å². The number of para-hydroxylation sites is 1. The number of carbonyl (C=O) groups excluding carboxylic acids is 1. The Bertz CT molecular complexity index is 1110. The van der Waals surface area contributed by atoms with Crippen molar-refractivity contribution >= 4 is 5.91 Å². The highest BCUT2D eigenvalue weighted by Gasteiger charge is 2.33. The average Bonchev–Trinajstić information content (AvgIpc) is 3.40. The van der Waals surface area contributed by atoms with Gasteiger partial charge >= 0.3 is 0 Å². The van der Waals surface area contributed by atoms with Gasteiger partial charge in [0.1, 0.15) is 24.7 Å². The number of carbonyl (C=O) groups is 1. The molecule has 0 aliphatic carbocycles. The summed E-state index contributed by atoms with van der Waals surface area (Å²) in [6.45, 7) is 3.54. The van der Waals surface area contributed by atoms with E-state index in [4.69, 9.17) is 9.47 Å². The highest BCUT2D eigenvalue weighted by molar-refractivity contribution is 5.95. The lowest BCUT2D eigenvalue weighted by Crippen LogP contribution is -2.31. The first-order valence-corrected chi connectivity index (χ1v) is 10.1. The minimum atomic E-state index is -0.377. The summed E-state index contributed by atoms with van der Waals surface area (Å²) in [5, 5.41) is 4.29.